The maximum Gasteiger partial charge on any atom is 0.157 e. The van der Waals surface area contributed by atoms with Crippen molar-refractivity contribution in [2.45, 2.75) is 53.0 Å². The molecule has 0 aromatic carbocycles. The molecule has 0 fully saturated rings. The van der Waals surface area contributed by atoms with Crippen LogP contribution in [-0.2, 0) is 4.79 Å². The van der Waals surface area contributed by atoms with Gasteiger partial charge in [0, 0.05) is 23.7 Å². The summed E-state index contributed by atoms with van der Waals surface area (Å²) in [4.78, 5) is 11.5. The molecule has 14 heavy (non-hydrogen) atoms. The summed E-state index contributed by atoms with van der Waals surface area (Å²) in [5.74, 6) is 0.244. The lowest BCUT2D eigenvalue weighted by Gasteiger charge is -2.33. The zero-order valence-electron chi connectivity index (χ0n) is 9.90. The Morgan fingerprint density at radius 3 is 2.29 bits per heavy atom. The van der Waals surface area contributed by atoms with Crippen LogP contribution in [0.5, 0.6) is 0 Å². The summed E-state index contributed by atoms with van der Waals surface area (Å²) in [7, 11) is 0. The summed E-state index contributed by atoms with van der Waals surface area (Å²) in [5.41, 5.74) is 1.23. The summed E-state index contributed by atoms with van der Waals surface area (Å²) >= 11 is 0. The van der Waals surface area contributed by atoms with E-state index in [9.17, 15) is 4.79 Å². The van der Waals surface area contributed by atoms with Crippen LogP contribution in [0.25, 0.3) is 0 Å². The van der Waals surface area contributed by atoms with Crippen LogP contribution in [0.4, 0.5) is 0 Å². The van der Waals surface area contributed by atoms with Gasteiger partial charge in [0.25, 0.3) is 0 Å². The lowest BCUT2D eigenvalue weighted by atomic mass is 9.78. The van der Waals surface area contributed by atoms with Crippen LogP contribution in [0, 0.1) is 5.41 Å². The number of hydrogen-bond donors (Lipinski definition) is 1. The van der Waals surface area contributed by atoms with E-state index < -0.39 is 0 Å². The van der Waals surface area contributed by atoms with Crippen LogP contribution in [-0.4, -0.2) is 11.3 Å². The minimum atomic E-state index is 0.0412. The molecule has 0 aliphatic heterocycles. The van der Waals surface area contributed by atoms with Crippen LogP contribution in [0.3, 0.4) is 0 Å². The highest BCUT2D eigenvalue weighted by molar-refractivity contribution is 5.91. The third kappa shape index (κ3) is 3.52. The number of carbonyl (C=O) groups excluding carboxylic acids is 1. The lowest BCUT2D eigenvalue weighted by molar-refractivity contribution is -0.117. The van der Waals surface area contributed by atoms with E-state index in [1.54, 1.807) is 6.08 Å². The fraction of sp³-hybridized carbons (Fsp3) is 0.750. The van der Waals surface area contributed by atoms with Crippen LogP contribution < -0.4 is 5.32 Å². The number of carbonyl (C=O) groups is 1. The van der Waals surface area contributed by atoms with Crippen molar-refractivity contribution in [3.8, 4) is 0 Å². The molecule has 0 aromatic rings. The molecule has 0 bridgehead atoms. The molecule has 1 rings (SSSR count). The predicted molar refractivity (Wildman–Crippen MR) is 59.0 cm³/mol. The number of nitrogens with one attached hydrogen (secondary N) is 1. The first kappa shape index (κ1) is 11.3. The zero-order valence-corrected chi connectivity index (χ0v) is 9.90. The first-order valence-corrected chi connectivity index (χ1v) is 5.20. The standard InChI is InChI=1S/C12H21NO/c1-11(2,3)13-9-6-10(14)8-12(4,5)7-9/h6,13H,7-8H2,1-5H3. The van der Waals surface area contributed by atoms with Crippen molar-refractivity contribution in [2.24, 2.45) is 5.41 Å². The second-order valence-electron chi connectivity index (χ2n) is 6.03. The Labute approximate surface area is 86.8 Å². The molecule has 0 amide bonds. The molecule has 0 radical (unpaired) electrons. The molecule has 0 heterocycles. The van der Waals surface area contributed by atoms with Gasteiger partial charge < -0.3 is 5.32 Å². The maximum absolute atomic E-state index is 11.5. The van der Waals surface area contributed by atoms with E-state index in [-0.39, 0.29) is 16.7 Å². The first-order valence-electron chi connectivity index (χ1n) is 5.20. The van der Waals surface area contributed by atoms with Gasteiger partial charge in [0.2, 0.25) is 0 Å². The van der Waals surface area contributed by atoms with Crippen LogP contribution in [0.1, 0.15) is 47.5 Å². The van der Waals surface area contributed by atoms with E-state index in [2.05, 4.69) is 39.9 Å². The minimum absolute atomic E-state index is 0.0412. The van der Waals surface area contributed by atoms with Crippen molar-refractivity contribution in [1.29, 1.82) is 0 Å². The molecule has 0 saturated heterocycles. The normalized spacial score (nSPS) is 21.8. The Kier molecular flexibility index (Phi) is 2.75. The molecule has 0 aromatic heterocycles. The van der Waals surface area contributed by atoms with Crippen LogP contribution in [0.15, 0.2) is 11.8 Å². The summed E-state index contributed by atoms with van der Waals surface area (Å²) < 4.78 is 0. The highest BCUT2D eigenvalue weighted by atomic mass is 16.1. The summed E-state index contributed by atoms with van der Waals surface area (Å²) in [6, 6.07) is 0. The first-order chi connectivity index (χ1) is 6.18. The smallest absolute Gasteiger partial charge is 0.157 e. The molecule has 0 atom stereocenters. The number of ketones is 1. The van der Waals surface area contributed by atoms with Crippen LogP contribution in [0.2, 0.25) is 0 Å². The number of rotatable bonds is 1. The molecule has 0 spiro atoms. The second kappa shape index (κ2) is 3.41. The fourth-order valence-corrected chi connectivity index (χ4v) is 1.91. The van der Waals surface area contributed by atoms with Crippen molar-refractivity contribution in [2.75, 3.05) is 0 Å². The fourth-order valence-electron chi connectivity index (χ4n) is 1.91. The van der Waals surface area contributed by atoms with E-state index in [4.69, 9.17) is 0 Å². The molecule has 2 nitrogen and oxygen atoms in total. The van der Waals surface area contributed by atoms with Crippen molar-refractivity contribution in [3.05, 3.63) is 11.8 Å². The Hall–Kier alpha value is -0.790. The highest BCUT2D eigenvalue weighted by Gasteiger charge is 2.28. The van der Waals surface area contributed by atoms with Gasteiger partial charge in [-0.25, -0.2) is 0 Å². The molecule has 80 valence electrons. The largest absolute Gasteiger partial charge is 0.384 e. The summed E-state index contributed by atoms with van der Waals surface area (Å²) in [5, 5.41) is 3.38. The zero-order chi connectivity index (χ0) is 11.0. The van der Waals surface area contributed by atoms with Gasteiger partial charge in [-0.1, -0.05) is 13.8 Å². The molecule has 1 N–H and O–H groups in total. The van der Waals surface area contributed by atoms with Gasteiger partial charge in [-0.3, -0.25) is 4.79 Å². The summed E-state index contributed by atoms with van der Waals surface area (Å²) in [6.07, 6.45) is 3.40. The van der Waals surface area contributed by atoms with Crippen molar-refractivity contribution >= 4 is 5.78 Å². The van der Waals surface area contributed by atoms with Gasteiger partial charge in [-0.05, 0) is 32.6 Å². The van der Waals surface area contributed by atoms with E-state index in [1.807, 2.05) is 0 Å². The van der Waals surface area contributed by atoms with E-state index in [0.29, 0.717) is 6.42 Å². The minimum Gasteiger partial charge on any atom is -0.384 e. The third-order valence-electron chi connectivity index (χ3n) is 2.19. The molecule has 0 unspecified atom stereocenters. The molecular formula is C12H21NO. The quantitative estimate of drug-likeness (QED) is 0.697. The monoisotopic (exact) mass is 195 g/mol. The Bertz CT molecular complexity index is 269. The molecule has 1 aliphatic rings. The maximum atomic E-state index is 11.5. The van der Waals surface area contributed by atoms with E-state index in [0.717, 1.165) is 12.1 Å². The van der Waals surface area contributed by atoms with E-state index in [1.165, 1.54) is 0 Å². The lowest BCUT2D eigenvalue weighted by Crippen LogP contribution is -2.38. The SMILES string of the molecule is CC1(C)CC(=O)C=C(NC(C)(C)C)C1. The highest BCUT2D eigenvalue weighted by Crippen LogP contribution is 2.33. The summed E-state index contributed by atoms with van der Waals surface area (Å²) in [6.45, 7) is 10.6. The molecular weight excluding hydrogens is 174 g/mol. The number of allylic oxidation sites excluding steroid dienone is 2. The van der Waals surface area contributed by atoms with E-state index >= 15 is 0 Å². The van der Waals surface area contributed by atoms with Crippen molar-refractivity contribution < 1.29 is 4.79 Å². The van der Waals surface area contributed by atoms with Gasteiger partial charge in [-0.2, -0.15) is 0 Å². The van der Waals surface area contributed by atoms with Gasteiger partial charge >= 0.3 is 0 Å². The topological polar surface area (TPSA) is 29.1 Å². The molecule has 1 aliphatic carbocycles. The number of hydrogen-bond acceptors (Lipinski definition) is 2. The van der Waals surface area contributed by atoms with Gasteiger partial charge in [-0.15, -0.1) is 0 Å². The average molecular weight is 195 g/mol. The molecule has 0 saturated carbocycles. The Morgan fingerprint density at radius 1 is 1.29 bits per heavy atom. The third-order valence-corrected chi connectivity index (χ3v) is 2.19. The Morgan fingerprint density at radius 2 is 1.86 bits per heavy atom. The molecule has 2 heteroatoms. The van der Waals surface area contributed by atoms with Crippen molar-refractivity contribution in [3.63, 3.8) is 0 Å². The predicted octanol–water partition coefficient (Wildman–Crippen LogP) is 2.65. The van der Waals surface area contributed by atoms with Crippen LogP contribution >= 0.6 is 0 Å². The second-order valence-corrected chi connectivity index (χ2v) is 6.03. The average Bonchev–Trinajstić information content (AvgIpc) is 1.74. The van der Waals surface area contributed by atoms with Gasteiger partial charge in [0.05, 0.1) is 0 Å². The Balaban J connectivity index is 2.75. The van der Waals surface area contributed by atoms with Crippen molar-refractivity contribution in [1.82, 2.24) is 5.32 Å². The van der Waals surface area contributed by atoms with Gasteiger partial charge in [0.1, 0.15) is 0 Å². The van der Waals surface area contributed by atoms with Gasteiger partial charge in [0.15, 0.2) is 5.78 Å².